The van der Waals surface area contributed by atoms with Gasteiger partial charge in [0, 0.05) is 38.8 Å². The second-order valence-corrected chi connectivity index (χ2v) is 10.1. The van der Waals surface area contributed by atoms with E-state index in [4.69, 9.17) is 16.3 Å². The van der Waals surface area contributed by atoms with E-state index in [1.165, 1.54) is 0 Å². The molecular formula is C24H29ClN4O3S. The highest BCUT2D eigenvalue weighted by Gasteiger charge is 2.21. The number of benzene rings is 2. The summed E-state index contributed by atoms with van der Waals surface area (Å²) >= 11 is 7.86. The summed E-state index contributed by atoms with van der Waals surface area (Å²) < 4.78 is 6.92. The van der Waals surface area contributed by atoms with Crippen molar-refractivity contribution in [3.05, 3.63) is 52.0 Å². The fraction of sp³-hybridized carbons (Fsp3) is 0.417. The molecule has 0 bridgehead atoms. The monoisotopic (exact) mass is 488 g/mol. The number of nitrogens with zero attached hydrogens (tertiary/aromatic N) is 3. The van der Waals surface area contributed by atoms with E-state index in [9.17, 15) is 9.90 Å². The molecular weight excluding hydrogens is 460 g/mol. The van der Waals surface area contributed by atoms with Crippen molar-refractivity contribution in [1.29, 1.82) is 0 Å². The van der Waals surface area contributed by atoms with E-state index in [1.807, 2.05) is 50.2 Å². The summed E-state index contributed by atoms with van der Waals surface area (Å²) in [4.78, 5) is 21.2. The minimum absolute atomic E-state index is 0.0742. The molecule has 2 aromatic carbocycles. The van der Waals surface area contributed by atoms with Gasteiger partial charge in [-0.25, -0.2) is 4.98 Å². The Morgan fingerprint density at radius 3 is 2.70 bits per heavy atom. The van der Waals surface area contributed by atoms with Gasteiger partial charge in [-0.05, 0) is 43.7 Å². The molecule has 2 heterocycles. The Hall–Kier alpha value is -2.23. The van der Waals surface area contributed by atoms with Gasteiger partial charge in [0.25, 0.3) is 0 Å². The van der Waals surface area contributed by atoms with Crippen LogP contribution in [-0.2, 0) is 4.79 Å². The number of aliphatic hydroxyl groups excluding tert-OH is 1. The Morgan fingerprint density at radius 1 is 1.18 bits per heavy atom. The summed E-state index contributed by atoms with van der Waals surface area (Å²) in [7, 11) is 0. The standard InChI is InChI=1S/C24H29ClN4O3S/c1-16-3-5-21(20(25)11-16)27-24(31)14-29-9-7-28(8-10-29)13-18(30)15-32-19-4-6-23-22(12-19)26-17(2)33-23/h3-6,11-12,18,30H,7-10,13-15H2,1-2H3,(H,27,31). The number of carbonyl (C=O) groups is 1. The lowest BCUT2D eigenvalue weighted by molar-refractivity contribution is -0.117. The minimum Gasteiger partial charge on any atom is -0.491 e. The number of hydrogen-bond donors (Lipinski definition) is 2. The SMILES string of the molecule is Cc1ccc(NC(=O)CN2CCN(CC(O)COc3ccc4sc(C)nc4c3)CC2)c(Cl)c1. The Kier molecular flexibility index (Phi) is 7.82. The lowest BCUT2D eigenvalue weighted by atomic mass is 10.2. The maximum absolute atomic E-state index is 12.4. The normalized spacial score (nSPS) is 16.1. The second-order valence-electron chi connectivity index (χ2n) is 8.44. The lowest BCUT2D eigenvalue weighted by Gasteiger charge is -2.35. The van der Waals surface area contributed by atoms with Crippen molar-refractivity contribution in [1.82, 2.24) is 14.8 Å². The number of aliphatic hydroxyl groups is 1. The smallest absolute Gasteiger partial charge is 0.238 e. The number of hydrogen-bond acceptors (Lipinski definition) is 7. The Bertz CT molecular complexity index is 1110. The van der Waals surface area contributed by atoms with Gasteiger partial charge in [0.2, 0.25) is 5.91 Å². The van der Waals surface area contributed by atoms with Crippen LogP contribution in [0.4, 0.5) is 5.69 Å². The number of aromatic nitrogens is 1. The fourth-order valence-corrected chi connectivity index (χ4v) is 4.99. The van der Waals surface area contributed by atoms with E-state index in [2.05, 4.69) is 20.1 Å². The van der Waals surface area contributed by atoms with Gasteiger partial charge in [-0.1, -0.05) is 17.7 Å². The minimum atomic E-state index is -0.587. The average molecular weight is 489 g/mol. The number of β-amino-alcohol motifs (C(OH)–C–C–N with tert-alkyl or cyclic N) is 1. The molecule has 0 aliphatic carbocycles. The van der Waals surface area contributed by atoms with Crippen LogP contribution < -0.4 is 10.1 Å². The summed E-state index contributed by atoms with van der Waals surface area (Å²) in [6.45, 7) is 8.15. The zero-order valence-electron chi connectivity index (χ0n) is 18.9. The number of thiazole rings is 1. The van der Waals surface area contributed by atoms with Crippen LogP contribution in [0, 0.1) is 13.8 Å². The summed E-state index contributed by atoms with van der Waals surface area (Å²) in [5.74, 6) is 0.645. The van der Waals surface area contributed by atoms with Crippen LogP contribution in [-0.4, -0.2) is 77.8 Å². The molecule has 1 aliphatic rings. The Labute approximate surface area is 202 Å². The van der Waals surface area contributed by atoms with Crippen molar-refractivity contribution in [3.8, 4) is 5.75 Å². The molecule has 1 amide bonds. The molecule has 3 aromatic rings. The number of fused-ring (bicyclic) bond motifs is 1. The maximum Gasteiger partial charge on any atom is 0.238 e. The predicted molar refractivity (Wildman–Crippen MR) is 134 cm³/mol. The molecule has 4 rings (SSSR count). The highest BCUT2D eigenvalue weighted by molar-refractivity contribution is 7.18. The van der Waals surface area contributed by atoms with Gasteiger partial charge >= 0.3 is 0 Å². The highest BCUT2D eigenvalue weighted by atomic mass is 35.5. The number of nitrogens with one attached hydrogen (secondary N) is 1. The van der Waals surface area contributed by atoms with E-state index in [1.54, 1.807) is 11.3 Å². The van der Waals surface area contributed by atoms with E-state index < -0.39 is 6.10 Å². The molecule has 2 N–H and O–H groups in total. The van der Waals surface area contributed by atoms with E-state index >= 15 is 0 Å². The molecule has 0 spiro atoms. The fourth-order valence-electron chi connectivity index (χ4n) is 3.90. The molecule has 1 fully saturated rings. The number of carbonyl (C=O) groups excluding carboxylic acids is 1. The van der Waals surface area contributed by atoms with Gasteiger partial charge < -0.3 is 15.2 Å². The molecule has 7 nitrogen and oxygen atoms in total. The molecule has 0 radical (unpaired) electrons. The number of aryl methyl sites for hydroxylation is 2. The second kappa shape index (κ2) is 10.8. The third-order valence-corrected chi connectivity index (χ3v) is 6.87. The van der Waals surface area contributed by atoms with Gasteiger partial charge in [-0.3, -0.25) is 14.6 Å². The van der Waals surface area contributed by atoms with E-state index in [-0.39, 0.29) is 12.5 Å². The van der Waals surface area contributed by atoms with Gasteiger partial charge in [0.05, 0.1) is 32.5 Å². The zero-order valence-corrected chi connectivity index (χ0v) is 20.5. The summed E-state index contributed by atoms with van der Waals surface area (Å²) in [6, 6.07) is 11.4. The van der Waals surface area contributed by atoms with Crippen molar-refractivity contribution in [2.24, 2.45) is 0 Å². The number of piperazine rings is 1. The molecule has 9 heteroatoms. The predicted octanol–water partition coefficient (Wildman–Crippen LogP) is 3.56. The molecule has 1 aliphatic heterocycles. The first-order chi connectivity index (χ1) is 15.9. The van der Waals surface area contributed by atoms with Gasteiger partial charge in [-0.15, -0.1) is 11.3 Å². The van der Waals surface area contributed by atoms with Gasteiger partial charge in [-0.2, -0.15) is 0 Å². The summed E-state index contributed by atoms with van der Waals surface area (Å²) in [6.07, 6.45) is -0.587. The van der Waals surface area contributed by atoms with Crippen LogP contribution >= 0.6 is 22.9 Å². The Morgan fingerprint density at radius 2 is 1.94 bits per heavy atom. The number of halogens is 1. The summed E-state index contributed by atoms with van der Waals surface area (Å²) in [5, 5.41) is 14.9. The molecule has 1 atom stereocenters. The number of ether oxygens (including phenoxy) is 1. The lowest BCUT2D eigenvalue weighted by Crippen LogP contribution is -2.50. The third-order valence-electron chi connectivity index (χ3n) is 5.61. The number of anilines is 1. The first-order valence-corrected chi connectivity index (χ1v) is 12.2. The van der Waals surface area contributed by atoms with Crippen LogP contribution in [0.2, 0.25) is 5.02 Å². The van der Waals surface area contributed by atoms with Crippen molar-refractivity contribution in [2.45, 2.75) is 20.0 Å². The Balaban J connectivity index is 1.17. The quantitative estimate of drug-likeness (QED) is 0.505. The zero-order chi connectivity index (χ0) is 23.4. The number of amides is 1. The average Bonchev–Trinajstić information content (AvgIpc) is 3.15. The topological polar surface area (TPSA) is 77.9 Å². The molecule has 1 aromatic heterocycles. The van der Waals surface area contributed by atoms with Crippen LogP contribution in [0.3, 0.4) is 0 Å². The molecule has 0 saturated carbocycles. The summed E-state index contributed by atoms with van der Waals surface area (Å²) in [5.41, 5.74) is 2.62. The first-order valence-electron chi connectivity index (χ1n) is 11.0. The molecule has 1 saturated heterocycles. The van der Waals surface area contributed by atoms with Crippen LogP contribution in [0.25, 0.3) is 10.2 Å². The van der Waals surface area contributed by atoms with Crippen LogP contribution in [0.5, 0.6) is 5.75 Å². The van der Waals surface area contributed by atoms with Gasteiger partial charge in [0.15, 0.2) is 0 Å². The first kappa shape index (κ1) is 23.9. The van der Waals surface area contributed by atoms with Crippen molar-refractivity contribution in [2.75, 3.05) is 51.2 Å². The maximum atomic E-state index is 12.4. The highest BCUT2D eigenvalue weighted by Crippen LogP contribution is 2.26. The van der Waals surface area contributed by atoms with Crippen molar-refractivity contribution in [3.63, 3.8) is 0 Å². The molecule has 1 unspecified atom stereocenters. The third kappa shape index (κ3) is 6.65. The molecule has 33 heavy (non-hydrogen) atoms. The molecule has 176 valence electrons. The van der Waals surface area contributed by atoms with Crippen molar-refractivity contribution < 1.29 is 14.6 Å². The van der Waals surface area contributed by atoms with Gasteiger partial charge in [0.1, 0.15) is 18.5 Å². The van der Waals surface area contributed by atoms with Crippen LogP contribution in [0.1, 0.15) is 10.6 Å². The van der Waals surface area contributed by atoms with Crippen molar-refractivity contribution >= 4 is 44.7 Å². The van der Waals surface area contributed by atoms with E-state index in [0.29, 0.717) is 23.8 Å². The van der Waals surface area contributed by atoms with E-state index in [0.717, 1.165) is 52.7 Å². The largest absolute Gasteiger partial charge is 0.491 e. The van der Waals surface area contributed by atoms with Crippen LogP contribution in [0.15, 0.2) is 36.4 Å². The number of rotatable bonds is 8.